The molecule has 1 aromatic carbocycles. The first-order chi connectivity index (χ1) is 9.54. The smallest absolute Gasteiger partial charge is 0.315 e. The van der Waals surface area contributed by atoms with Crippen molar-refractivity contribution in [2.24, 2.45) is 0 Å². The van der Waals surface area contributed by atoms with Gasteiger partial charge in [0.25, 0.3) is 0 Å². The molecule has 0 aliphatic carbocycles. The van der Waals surface area contributed by atoms with E-state index in [1.165, 1.54) is 0 Å². The van der Waals surface area contributed by atoms with E-state index in [2.05, 4.69) is 10.1 Å². The summed E-state index contributed by atoms with van der Waals surface area (Å²) in [5, 5.41) is 3.98. The summed E-state index contributed by atoms with van der Waals surface area (Å²) in [6, 6.07) is 9.93. The maximum absolute atomic E-state index is 11.4. The number of benzene rings is 1. The fourth-order valence-electron chi connectivity index (χ4n) is 1.90. The summed E-state index contributed by atoms with van der Waals surface area (Å²) in [6.07, 6.45) is 0.00566. The van der Waals surface area contributed by atoms with Gasteiger partial charge in [-0.25, -0.2) is 0 Å². The van der Waals surface area contributed by atoms with Crippen LogP contribution in [0.5, 0.6) is 0 Å². The van der Waals surface area contributed by atoms with Crippen LogP contribution in [0, 0.1) is 0 Å². The minimum atomic E-state index is -0.377. The number of nitrogens with zero attached hydrogens (tertiary/aromatic N) is 2. The summed E-state index contributed by atoms with van der Waals surface area (Å²) in [5.74, 6) is 0.477. The van der Waals surface area contributed by atoms with Crippen LogP contribution in [-0.2, 0) is 21.4 Å². The van der Waals surface area contributed by atoms with Crippen LogP contribution in [0.25, 0.3) is 0 Å². The molecule has 0 spiro atoms. The highest BCUT2D eigenvalue weighted by Gasteiger charge is 2.29. The molecular formula is C15H18N2O3. The normalized spacial score (nSPS) is 11.3. The van der Waals surface area contributed by atoms with Gasteiger partial charge in [0.1, 0.15) is 6.42 Å². The molecule has 0 aliphatic rings. The average Bonchev–Trinajstić information content (AvgIpc) is 2.89. The van der Waals surface area contributed by atoms with Gasteiger partial charge >= 0.3 is 5.97 Å². The van der Waals surface area contributed by atoms with Gasteiger partial charge in [0, 0.05) is 0 Å². The predicted octanol–water partition coefficient (Wildman–Crippen LogP) is 2.50. The molecule has 0 fully saturated rings. The molecule has 2 aromatic rings. The number of hydrogen-bond donors (Lipinski definition) is 0. The Hall–Kier alpha value is -2.17. The molecule has 1 heterocycles. The standard InChI is InChI=1S/C15H18N2O3/c1-4-19-13(18)10-12-16-14(17-20-12)15(2,3)11-8-6-5-7-9-11/h5-9H,4,10H2,1-3H3. The van der Waals surface area contributed by atoms with E-state index >= 15 is 0 Å². The summed E-state index contributed by atoms with van der Waals surface area (Å²) >= 11 is 0. The Kier molecular flexibility index (Phi) is 4.17. The van der Waals surface area contributed by atoms with Gasteiger partial charge < -0.3 is 9.26 Å². The van der Waals surface area contributed by atoms with Crippen LogP contribution < -0.4 is 0 Å². The van der Waals surface area contributed by atoms with E-state index in [4.69, 9.17) is 9.26 Å². The van der Waals surface area contributed by atoms with Crippen LogP contribution in [0.4, 0.5) is 0 Å². The van der Waals surface area contributed by atoms with Crippen molar-refractivity contribution in [3.63, 3.8) is 0 Å². The Balaban J connectivity index is 2.18. The van der Waals surface area contributed by atoms with Gasteiger partial charge in [-0.05, 0) is 26.3 Å². The van der Waals surface area contributed by atoms with Crippen LogP contribution >= 0.6 is 0 Å². The summed E-state index contributed by atoms with van der Waals surface area (Å²) in [5.41, 5.74) is 0.709. The van der Waals surface area contributed by atoms with Gasteiger partial charge in [-0.1, -0.05) is 35.5 Å². The fourth-order valence-corrected chi connectivity index (χ4v) is 1.90. The number of carbonyl (C=O) groups excluding carboxylic acids is 1. The SMILES string of the molecule is CCOC(=O)Cc1nc(C(C)(C)c2ccccc2)no1. The van der Waals surface area contributed by atoms with Crippen LogP contribution in [0.1, 0.15) is 38.0 Å². The van der Waals surface area contributed by atoms with Gasteiger partial charge in [0.2, 0.25) is 5.89 Å². The lowest BCUT2D eigenvalue weighted by molar-refractivity contribution is -0.142. The van der Waals surface area contributed by atoms with Crippen molar-refractivity contribution >= 4 is 5.97 Å². The molecule has 106 valence electrons. The first-order valence-corrected chi connectivity index (χ1v) is 6.58. The zero-order valence-electron chi connectivity index (χ0n) is 11.9. The molecule has 0 amide bonds. The first-order valence-electron chi connectivity index (χ1n) is 6.58. The number of ether oxygens (including phenoxy) is 1. The molecule has 2 rings (SSSR count). The third kappa shape index (κ3) is 3.04. The van der Waals surface area contributed by atoms with Crippen LogP contribution in [0.15, 0.2) is 34.9 Å². The maximum Gasteiger partial charge on any atom is 0.315 e. The number of rotatable bonds is 5. The lowest BCUT2D eigenvalue weighted by atomic mass is 9.84. The lowest BCUT2D eigenvalue weighted by Crippen LogP contribution is -2.20. The second-order valence-corrected chi connectivity index (χ2v) is 4.98. The van der Waals surface area contributed by atoms with Crippen molar-refractivity contribution in [2.45, 2.75) is 32.6 Å². The Morgan fingerprint density at radius 3 is 2.65 bits per heavy atom. The summed E-state index contributed by atoms with van der Waals surface area (Å²) in [7, 11) is 0. The van der Waals surface area contributed by atoms with Gasteiger partial charge in [-0.3, -0.25) is 4.79 Å². The van der Waals surface area contributed by atoms with Gasteiger partial charge in [0.05, 0.1) is 12.0 Å². The molecule has 0 unspecified atom stereocenters. The molecule has 0 radical (unpaired) electrons. The molecule has 0 saturated carbocycles. The maximum atomic E-state index is 11.4. The van der Waals surface area contributed by atoms with Gasteiger partial charge in [-0.15, -0.1) is 0 Å². The largest absolute Gasteiger partial charge is 0.466 e. The summed E-state index contributed by atoms with van der Waals surface area (Å²) < 4.78 is 9.99. The Morgan fingerprint density at radius 1 is 1.30 bits per heavy atom. The Morgan fingerprint density at radius 2 is 2.00 bits per heavy atom. The highest BCUT2D eigenvalue weighted by molar-refractivity contribution is 5.71. The van der Waals surface area contributed by atoms with Crippen LogP contribution in [0.3, 0.4) is 0 Å². The van der Waals surface area contributed by atoms with Crippen molar-refractivity contribution in [3.05, 3.63) is 47.6 Å². The molecule has 0 saturated heterocycles. The topological polar surface area (TPSA) is 65.2 Å². The zero-order chi connectivity index (χ0) is 14.6. The third-order valence-corrected chi connectivity index (χ3v) is 3.12. The molecule has 1 aromatic heterocycles. The van der Waals surface area contributed by atoms with Crippen molar-refractivity contribution in [2.75, 3.05) is 6.61 Å². The second kappa shape index (κ2) is 5.86. The Labute approximate surface area is 118 Å². The van der Waals surface area contributed by atoms with E-state index < -0.39 is 0 Å². The number of esters is 1. The number of carbonyl (C=O) groups is 1. The van der Waals surface area contributed by atoms with Crippen molar-refractivity contribution in [3.8, 4) is 0 Å². The van der Waals surface area contributed by atoms with Crippen molar-refractivity contribution in [1.82, 2.24) is 10.1 Å². The minimum Gasteiger partial charge on any atom is -0.466 e. The molecule has 0 aliphatic heterocycles. The minimum absolute atomic E-state index is 0.00566. The number of aromatic nitrogens is 2. The van der Waals surface area contributed by atoms with Crippen molar-refractivity contribution < 1.29 is 14.1 Å². The van der Waals surface area contributed by atoms with Gasteiger partial charge in [0.15, 0.2) is 5.82 Å². The predicted molar refractivity (Wildman–Crippen MR) is 73.2 cm³/mol. The quantitative estimate of drug-likeness (QED) is 0.784. The molecule has 0 N–H and O–H groups in total. The molecule has 0 bridgehead atoms. The third-order valence-electron chi connectivity index (χ3n) is 3.12. The average molecular weight is 274 g/mol. The van der Waals surface area contributed by atoms with E-state index in [0.29, 0.717) is 12.4 Å². The van der Waals surface area contributed by atoms with Crippen LogP contribution in [0.2, 0.25) is 0 Å². The van der Waals surface area contributed by atoms with E-state index in [1.54, 1.807) is 6.92 Å². The highest BCUT2D eigenvalue weighted by Crippen LogP contribution is 2.28. The zero-order valence-corrected chi connectivity index (χ0v) is 11.9. The van der Waals surface area contributed by atoms with Gasteiger partial charge in [-0.2, -0.15) is 4.98 Å². The Bertz CT molecular complexity index is 576. The van der Waals surface area contributed by atoms with E-state index in [1.807, 2.05) is 44.2 Å². The van der Waals surface area contributed by atoms with E-state index in [9.17, 15) is 4.79 Å². The summed E-state index contributed by atoms with van der Waals surface area (Å²) in [6.45, 7) is 6.13. The summed E-state index contributed by atoms with van der Waals surface area (Å²) in [4.78, 5) is 15.7. The van der Waals surface area contributed by atoms with Crippen molar-refractivity contribution in [1.29, 1.82) is 0 Å². The molecular weight excluding hydrogens is 256 g/mol. The monoisotopic (exact) mass is 274 g/mol. The van der Waals surface area contributed by atoms with Crippen LogP contribution in [-0.4, -0.2) is 22.7 Å². The first kappa shape index (κ1) is 14.2. The molecule has 0 atom stereocenters. The highest BCUT2D eigenvalue weighted by atomic mass is 16.5. The molecule has 20 heavy (non-hydrogen) atoms. The fraction of sp³-hybridized carbons (Fsp3) is 0.400. The number of hydrogen-bond acceptors (Lipinski definition) is 5. The molecule has 5 nitrogen and oxygen atoms in total. The molecule has 5 heteroatoms. The second-order valence-electron chi connectivity index (χ2n) is 4.98. The lowest BCUT2D eigenvalue weighted by Gasteiger charge is -2.20. The van der Waals surface area contributed by atoms with E-state index in [-0.39, 0.29) is 23.7 Å². The van der Waals surface area contributed by atoms with E-state index in [0.717, 1.165) is 5.56 Å².